The summed E-state index contributed by atoms with van der Waals surface area (Å²) in [5.74, 6) is 0.397. The van der Waals surface area contributed by atoms with Gasteiger partial charge in [-0.25, -0.2) is 0 Å². The van der Waals surface area contributed by atoms with E-state index in [0.29, 0.717) is 13.1 Å². The standard InChI is InChI=1S/C19H22N2O2/c1-14-3-4-15(2)18(13-14)19(23)21-11-9-20(10-12-21)16-5-7-17(22)8-6-16/h3-8,13,22H,9-12H2,1-2H3. The topological polar surface area (TPSA) is 43.8 Å². The van der Waals surface area contributed by atoms with Crippen LogP contribution in [0, 0.1) is 13.8 Å². The summed E-state index contributed by atoms with van der Waals surface area (Å²) in [5, 5.41) is 9.37. The van der Waals surface area contributed by atoms with Gasteiger partial charge in [0.15, 0.2) is 0 Å². The van der Waals surface area contributed by atoms with Crippen molar-refractivity contribution in [3.63, 3.8) is 0 Å². The Labute approximate surface area is 137 Å². The first kappa shape index (κ1) is 15.4. The predicted molar refractivity (Wildman–Crippen MR) is 92.1 cm³/mol. The number of nitrogens with zero attached hydrogens (tertiary/aromatic N) is 2. The summed E-state index contributed by atoms with van der Waals surface area (Å²) < 4.78 is 0. The molecule has 1 heterocycles. The van der Waals surface area contributed by atoms with E-state index in [9.17, 15) is 9.90 Å². The number of anilines is 1. The number of benzene rings is 2. The van der Waals surface area contributed by atoms with Gasteiger partial charge in [-0.05, 0) is 49.7 Å². The lowest BCUT2D eigenvalue weighted by atomic mass is 10.0. The molecule has 0 radical (unpaired) electrons. The average Bonchev–Trinajstić information content (AvgIpc) is 2.57. The van der Waals surface area contributed by atoms with Gasteiger partial charge in [-0.2, -0.15) is 0 Å². The summed E-state index contributed by atoms with van der Waals surface area (Å²) in [6.45, 7) is 7.04. The number of hydrogen-bond acceptors (Lipinski definition) is 3. The predicted octanol–water partition coefficient (Wildman–Crippen LogP) is 2.97. The zero-order chi connectivity index (χ0) is 16.4. The molecule has 0 bridgehead atoms. The van der Waals surface area contributed by atoms with Crippen LogP contribution < -0.4 is 4.90 Å². The Morgan fingerprint density at radius 2 is 1.61 bits per heavy atom. The maximum absolute atomic E-state index is 12.7. The first-order chi connectivity index (χ1) is 11.0. The van der Waals surface area contributed by atoms with Crippen LogP contribution >= 0.6 is 0 Å². The Kier molecular flexibility index (Phi) is 4.24. The van der Waals surface area contributed by atoms with Crippen LogP contribution in [-0.2, 0) is 0 Å². The van der Waals surface area contributed by atoms with Gasteiger partial charge in [-0.1, -0.05) is 17.7 Å². The zero-order valence-electron chi connectivity index (χ0n) is 13.6. The molecule has 1 N–H and O–H groups in total. The minimum atomic E-state index is 0.122. The Balaban J connectivity index is 1.67. The second kappa shape index (κ2) is 6.32. The van der Waals surface area contributed by atoms with E-state index in [1.54, 1.807) is 12.1 Å². The number of aryl methyl sites for hydroxylation is 2. The van der Waals surface area contributed by atoms with Crippen LogP contribution in [0.5, 0.6) is 5.75 Å². The van der Waals surface area contributed by atoms with Crippen LogP contribution in [0.2, 0.25) is 0 Å². The van der Waals surface area contributed by atoms with E-state index in [-0.39, 0.29) is 11.7 Å². The number of phenols is 1. The molecule has 2 aromatic rings. The van der Waals surface area contributed by atoms with Crippen LogP contribution in [0.4, 0.5) is 5.69 Å². The third-order valence-corrected chi connectivity index (χ3v) is 4.41. The van der Waals surface area contributed by atoms with Crippen molar-refractivity contribution in [2.24, 2.45) is 0 Å². The smallest absolute Gasteiger partial charge is 0.254 e. The molecule has 0 spiro atoms. The summed E-state index contributed by atoms with van der Waals surface area (Å²) in [6.07, 6.45) is 0. The number of carbonyl (C=O) groups is 1. The number of phenolic OH excluding ortho intramolecular Hbond substituents is 1. The molecule has 2 aromatic carbocycles. The summed E-state index contributed by atoms with van der Waals surface area (Å²) in [6, 6.07) is 13.2. The number of piperazine rings is 1. The van der Waals surface area contributed by atoms with Crippen molar-refractivity contribution >= 4 is 11.6 Å². The molecule has 1 amide bonds. The summed E-state index contributed by atoms with van der Waals surface area (Å²) in [7, 11) is 0. The Hall–Kier alpha value is -2.49. The lowest BCUT2D eigenvalue weighted by Crippen LogP contribution is -2.48. The first-order valence-electron chi connectivity index (χ1n) is 7.95. The minimum absolute atomic E-state index is 0.122. The lowest BCUT2D eigenvalue weighted by molar-refractivity contribution is 0.0746. The van der Waals surface area contributed by atoms with Crippen LogP contribution in [0.15, 0.2) is 42.5 Å². The molecule has 4 heteroatoms. The first-order valence-corrected chi connectivity index (χ1v) is 7.95. The SMILES string of the molecule is Cc1ccc(C)c(C(=O)N2CCN(c3ccc(O)cc3)CC2)c1. The van der Waals surface area contributed by atoms with Crippen LogP contribution in [0.25, 0.3) is 0 Å². The van der Waals surface area contributed by atoms with Gasteiger partial charge in [-0.15, -0.1) is 0 Å². The number of rotatable bonds is 2. The van der Waals surface area contributed by atoms with E-state index in [1.165, 1.54) is 0 Å². The monoisotopic (exact) mass is 310 g/mol. The van der Waals surface area contributed by atoms with Crippen molar-refractivity contribution in [3.05, 3.63) is 59.2 Å². The largest absolute Gasteiger partial charge is 0.508 e. The molecule has 4 nitrogen and oxygen atoms in total. The van der Waals surface area contributed by atoms with E-state index < -0.39 is 0 Å². The normalized spacial score (nSPS) is 14.9. The van der Waals surface area contributed by atoms with Gasteiger partial charge in [0.05, 0.1) is 0 Å². The molecule has 1 aliphatic rings. The highest BCUT2D eigenvalue weighted by atomic mass is 16.3. The molecule has 1 aliphatic heterocycles. The molecule has 1 fully saturated rings. The fraction of sp³-hybridized carbons (Fsp3) is 0.316. The number of carbonyl (C=O) groups excluding carboxylic acids is 1. The maximum Gasteiger partial charge on any atom is 0.254 e. The zero-order valence-corrected chi connectivity index (χ0v) is 13.6. The van der Waals surface area contributed by atoms with Crippen LogP contribution in [-0.4, -0.2) is 42.1 Å². The van der Waals surface area contributed by atoms with Gasteiger partial charge in [0.25, 0.3) is 5.91 Å². The number of hydrogen-bond donors (Lipinski definition) is 1. The molecule has 0 aliphatic carbocycles. The Bertz CT molecular complexity index is 702. The minimum Gasteiger partial charge on any atom is -0.508 e. The van der Waals surface area contributed by atoms with E-state index in [0.717, 1.165) is 35.5 Å². The highest BCUT2D eigenvalue weighted by Gasteiger charge is 2.23. The molecule has 0 saturated carbocycles. The lowest BCUT2D eigenvalue weighted by Gasteiger charge is -2.36. The third kappa shape index (κ3) is 3.31. The van der Waals surface area contributed by atoms with Crippen molar-refractivity contribution in [3.8, 4) is 5.75 Å². The van der Waals surface area contributed by atoms with Crippen molar-refractivity contribution in [2.45, 2.75) is 13.8 Å². The fourth-order valence-electron chi connectivity index (χ4n) is 2.97. The molecular weight excluding hydrogens is 288 g/mol. The van der Waals surface area contributed by atoms with E-state index in [1.807, 2.05) is 49.1 Å². The molecule has 3 rings (SSSR count). The fourth-order valence-corrected chi connectivity index (χ4v) is 2.97. The second-order valence-corrected chi connectivity index (χ2v) is 6.11. The van der Waals surface area contributed by atoms with Crippen molar-refractivity contribution in [1.29, 1.82) is 0 Å². The molecule has 0 atom stereocenters. The van der Waals surface area contributed by atoms with Gasteiger partial charge in [0.2, 0.25) is 0 Å². The highest BCUT2D eigenvalue weighted by Crippen LogP contribution is 2.21. The summed E-state index contributed by atoms with van der Waals surface area (Å²) >= 11 is 0. The quantitative estimate of drug-likeness (QED) is 0.927. The third-order valence-electron chi connectivity index (χ3n) is 4.41. The summed E-state index contributed by atoms with van der Waals surface area (Å²) in [4.78, 5) is 16.9. The van der Waals surface area contributed by atoms with E-state index in [4.69, 9.17) is 0 Å². The van der Waals surface area contributed by atoms with Gasteiger partial charge in [0.1, 0.15) is 5.75 Å². The summed E-state index contributed by atoms with van der Waals surface area (Å²) in [5.41, 5.74) is 4.04. The molecule has 120 valence electrons. The van der Waals surface area contributed by atoms with Gasteiger partial charge >= 0.3 is 0 Å². The Morgan fingerprint density at radius 3 is 2.26 bits per heavy atom. The van der Waals surface area contributed by atoms with E-state index >= 15 is 0 Å². The van der Waals surface area contributed by atoms with Gasteiger partial charge in [-0.3, -0.25) is 4.79 Å². The van der Waals surface area contributed by atoms with Gasteiger partial charge < -0.3 is 14.9 Å². The average molecular weight is 310 g/mol. The maximum atomic E-state index is 12.7. The molecule has 23 heavy (non-hydrogen) atoms. The second-order valence-electron chi connectivity index (χ2n) is 6.11. The molecule has 1 saturated heterocycles. The van der Waals surface area contributed by atoms with Crippen LogP contribution in [0.3, 0.4) is 0 Å². The number of amides is 1. The highest BCUT2D eigenvalue weighted by molar-refractivity contribution is 5.96. The van der Waals surface area contributed by atoms with Gasteiger partial charge in [0, 0.05) is 37.4 Å². The van der Waals surface area contributed by atoms with Crippen molar-refractivity contribution < 1.29 is 9.90 Å². The van der Waals surface area contributed by atoms with Crippen LogP contribution in [0.1, 0.15) is 21.5 Å². The molecule has 0 aromatic heterocycles. The number of aromatic hydroxyl groups is 1. The Morgan fingerprint density at radius 1 is 0.957 bits per heavy atom. The molecule has 0 unspecified atom stereocenters. The van der Waals surface area contributed by atoms with Crippen molar-refractivity contribution in [1.82, 2.24) is 4.90 Å². The van der Waals surface area contributed by atoms with E-state index in [2.05, 4.69) is 4.90 Å². The molecular formula is C19H22N2O2. The van der Waals surface area contributed by atoms with Crippen molar-refractivity contribution in [2.75, 3.05) is 31.1 Å².